The van der Waals surface area contributed by atoms with E-state index in [0.29, 0.717) is 11.1 Å². The highest BCUT2D eigenvalue weighted by atomic mass is 32.2. The molecule has 0 spiro atoms. The number of carbonyl (C=O) groups is 3. The fraction of sp³-hybridized carbons (Fsp3) is 0.438. The van der Waals surface area contributed by atoms with E-state index < -0.39 is 33.7 Å². The van der Waals surface area contributed by atoms with Gasteiger partial charge in [0.05, 0.1) is 22.8 Å². The van der Waals surface area contributed by atoms with Crippen molar-refractivity contribution < 1.29 is 27.9 Å². The number of sulfonamides is 1. The third-order valence-electron chi connectivity index (χ3n) is 4.09. The van der Waals surface area contributed by atoms with Gasteiger partial charge in [-0.15, -0.1) is 0 Å². The second-order valence-corrected chi connectivity index (χ2v) is 8.19. The van der Waals surface area contributed by atoms with Crippen molar-refractivity contribution in [3.63, 3.8) is 0 Å². The zero-order valence-corrected chi connectivity index (χ0v) is 14.8. The van der Waals surface area contributed by atoms with E-state index in [-0.39, 0.29) is 25.3 Å². The Kier molecular flexibility index (Phi) is 5.58. The summed E-state index contributed by atoms with van der Waals surface area (Å²) >= 11 is 0. The average molecular weight is 368 g/mol. The van der Waals surface area contributed by atoms with Crippen molar-refractivity contribution in [1.29, 1.82) is 0 Å². The van der Waals surface area contributed by atoms with Crippen LogP contribution in [0.25, 0.3) is 0 Å². The van der Waals surface area contributed by atoms with Gasteiger partial charge in [-0.25, -0.2) is 12.7 Å². The number of rotatable bonds is 8. The lowest BCUT2D eigenvalue weighted by atomic mass is 10.1. The summed E-state index contributed by atoms with van der Waals surface area (Å²) in [4.78, 5) is 36.3. The Bertz CT molecular complexity index is 770. The zero-order valence-electron chi connectivity index (χ0n) is 14.0. The molecule has 2 rings (SSSR count). The van der Waals surface area contributed by atoms with Crippen molar-refractivity contribution in [2.24, 2.45) is 5.92 Å². The quantitative estimate of drug-likeness (QED) is 0.675. The maximum absolute atomic E-state index is 12.2. The first-order chi connectivity index (χ1) is 11.6. The van der Waals surface area contributed by atoms with Gasteiger partial charge >= 0.3 is 5.97 Å². The normalized spacial score (nSPS) is 15.6. The van der Waals surface area contributed by atoms with Gasteiger partial charge in [0.25, 0.3) is 11.8 Å². The molecule has 0 bridgehead atoms. The molecule has 1 aliphatic rings. The minimum absolute atomic E-state index is 0.00605. The third-order valence-corrected chi connectivity index (χ3v) is 5.99. The third kappa shape index (κ3) is 4.05. The van der Waals surface area contributed by atoms with Gasteiger partial charge in [-0.2, -0.15) is 0 Å². The molecule has 0 aromatic heterocycles. The highest BCUT2D eigenvalue weighted by Gasteiger charge is 2.35. The molecule has 0 radical (unpaired) electrons. The van der Waals surface area contributed by atoms with Gasteiger partial charge in [0.2, 0.25) is 10.0 Å². The van der Waals surface area contributed by atoms with Crippen molar-refractivity contribution >= 4 is 27.8 Å². The smallest absolute Gasteiger partial charge is 0.307 e. The number of hydrogen-bond donors (Lipinski definition) is 1. The molecule has 1 atom stereocenters. The summed E-state index contributed by atoms with van der Waals surface area (Å²) < 4.78 is 25.4. The monoisotopic (exact) mass is 368 g/mol. The molecular weight excluding hydrogens is 348 g/mol. The maximum atomic E-state index is 12.2. The highest BCUT2D eigenvalue weighted by Crippen LogP contribution is 2.22. The van der Waals surface area contributed by atoms with Crippen LogP contribution in [0.1, 0.15) is 34.1 Å². The lowest BCUT2D eigenvalue weighted by molar-refractivity contribution is -0.141. The number of nitrogens with zero attached hydrogens (tertiary/aromatic N) is 2. The standard InChI is InChI=1S/C16H20N2O6S/c1-11(16(21)22)10-17(2)25(23,24)9-5-8-18-14(19)12-6-3-4-7-13(12)15(18)20/h3-4,6-7,11H,5,8-10H2,1-2H3,(H,21,22). The Balaban J connectivity index is 1.93. The van der Waals surface area contributed by atoms with Crippen LogP contribution < -0.4 is 0 Å². The zero-order chi connectivity index (χ0) is 18.8. The van der Waals surface area contributed by atoms with E-state index in [2.05, 4.69) is 0 Å². The number of amides is 2. The molecule has 0 aliphatic carbocycles. The van der Waals surface area contributed by atoms with Gasteiger partial charge < -0.3 is 5.11 Å². The fourth-order valence-electron chi connectivity index (χ4n) is 2.58. The number of carboxylic acids is 1. The van der Waals surface area contributed by atoms with E-state index >= 15 is 0 Å². The van der Waals surface area contributed by atoms with Gasteiger partial charge in [-0.3, -0.25) is 19.3 Å². The summed E-state index contributed by atoms with van der Waals surface area (Å²) in [6.07, 6.45) is 0.0829. The van der Waals surface area contributed by atoms with Gasteiger partial charge in [-0.1, -0.05) is 19.1 Å². The molecule has 9 heteroatoms. The topological polar surface area (TPSA) is 112 Å². The Hall–Kier alpha value is -2.26. The van der Waals surface area contributed by atoms with E-state index in [9.17, 15) is 22.8 Å². The molecule has 2 amide bonds. The summed E-state index contributed by atoms with van der Waals surface area (Å²) in [6, 6.07) is 6.45. The van der Waals surface area contributed by atoms with Crippen LogP contribution in [0.5, 0.6) is 0 Å². The summed E-state index contributed by atoms with van der Waals surface area (Å²) in [6.45, 7) is 1.28. The molecule has 0 saturated carbocycles. The number of benzene rings is 1. The van der Waals surface area contributed by atoms with Crippen LogP contribution in [-0.4, -0.2) is 66.4 Å². The number of hydrogen-bond acceptors (Lipinski definition) is 5. The van der Waals surface area contributed by atoms with E-state index in [4.69, 9.17) is 5.11 Å². The molecule has 1 unspecified atom stereocenters. The number of fused-ring (bicyclic) bond motifs is 1. The van der Waals surface area contributed by atoms with Crippen molar-refractivity contribution in [2.75, 3.05) is 25.9 Å². The first-order valence-corrected chi connectivity index (χ1v) is 9.38. The summed E-state index contributed by atoms with van der Waals surface area (Å²) in [5.74, 6) is -3.02. The SMILES string of the molecule is CC(CN(C)S(=O)(=O)CCCN1C(=O)c2ccccc2C1=O)C(=O)O. The van der Waals surface area contributed by atoms with Gasteiger partial charge in [-0.05, 0) is 18.6 Å². The summed E-state index contributed by atoms with van der Waals surface area (Å²) in [5.41, 5.74) is 0.644. The number of imide groups is 1. The maximum Gasteiger partial charge on any atom is 0.307 e. The number of carbonyl (C=O) groups excluding carboxylic acids is 2. The second kappa shape index (κ2) is 7.32. The highest BCUT2D eigenvalue weighted by molar-refractivity contribution is 7.89. The van der Waals surface area contributed by atoms with Crippen LogP contribution in [0, 0.1) is 5.92 Å². The molecule has 8 nitrogen and oxygen atoms in total. The number of aliphatic carboxylic acids is 1. The van der Waals surface area contributed by atoms with E-state index in [1.807, 2.05) is 0 Å². The Labute approximate surface area is 146 Å². The predicted octanol–water partition coefficient (Wildman–Crippen LogP) is 0.655. The van der Waals surface area contributed by atoms with Crippen molar-refractivity contribution in [2.45, 2.75) is 13.3 Å². The molecule has 1 N–H and O–H groups in total. The largest absolute Gasteiger partial charge is 0.481 e. The minimum Gasteiger partial charge on any atom is -0.481 e. The molecule has 1 aliphatic heterocycles. The second-order valence-electron chi connectivity index (χ2n) is 6.00. The first kappa shape index (κ1) is 19.1. The lowest BCUT2D eigenvalue weighted by Crippen LogP contribution is -2.37. The minimum atomic E-state index is -3.66. The molecule has 136 valence electrons. The van der Waals surface area contributed by atoms with Crippen LogP contribution in [0.4, 0.5) is 0 Å². The van der Waals surface area contributed by atoms with Crippen molar-refractivity contribution in [1.82, 2.24) is 9.21 Å². The number of carboxylic acid groups (broad SMARTS) is 1. The molecule has 1 heterocycles. The van der Waals surface area contributed by atoms with Crippen LogP contribution in [-0.2, 0) is 14.8 Å². The average Bonchev–Trinajstić information content (AvgIpc) is 2.80. The molecule has 25 heavy (non-hydrogen) atoms. The van der Waals surface area contributed by atoms with Crippen LogP contribution in [0.3, 0.4) is 0 Å². The van der Waals surface area contributed by atoms with Crippen LogP contribution >= 0.6 is 0 Å². The predicted molar refractivity (Wildman–Crippen MR) is 89.6 cm³/mol. The molecular formula is C16H20N2O6S. The Morgan fingerprint density at radius 3 is 2.20 bits per heavy atom. The van der Waals surface area contributed by atoms with Crippen LogP contribution in [0.2, 0.25) is 0 Å². The van der Waals surface area contributed by atoms with Crippen molar-refractivity contribution in [3.05, 3.63) is 35.4 Å². The van der Waals surface area contributed by atoms with E-state index in [1.54, 1.807) is 24.3 Å². The molecule has 1 aromatic rings. The fourth-order valence-corrected chi connectivity index (χ4v) is 3.84. The van der Waals surface area contributed by atoms with E-state index in [1.165, 1.54) is 14.0 Å². The van der Waals surface area contributed by atoms with E-state index in [0.717, 1.165) is 9.21 Å². The Morgan fingerprint density at radius 2 is 1.72 bits per heavy atom. The first-order valence-electron chi connectivity index (χ1n) is 7.77. The van der Waals surface area contributed by atoms with Gasteiger partial charge in [0.15, 0.2) is 0 Å². The summed E-state index contributed by atoms with van der Waals surface area (Å²) in [7, 11) is -2.35. The summed E-state index contributed by atoms with van der Waals surface area (Å²) in [5, 5.41) is 8.86. The lowest BCUT2D eigenvalue weighted by Gasteiger charge is -2.20. The Morgan fingerprint density at radius 1 is 1.20 bits per heavy atom. The van der Waals surface area contributed by atoms with Crippen LogP contribution in [0.15, 0.2) is 24.3 Å². The molecule has 1 aromatic carbocycles. The molecule has 0 fully saturated rings. The van der Waals surface area contributed by atoms with Crippen molar-refractivity contribution in [3.8, 4) is 0 Å². The van der Waals surface area contributed by atoms with Gasteiger partial charge in [0, 0.05) is 20.1 Å². The molecule has 0 saturated heterocycles. The van der Waals surface area contributed by atoms with Gasteiger partial charge in [0.1, 0.15) is 0 Å².